The van der Waals surface area contributed by atoms with Gasteiger partial charge in [-0.25, -0.2) is 9.97 Å². The topological polar surface area (TPSA) is 67.1 Å². The maximum atomic E-state index is 5.66. The van der Waals surface area contributed by atoms with Gasteiger partial charge in [0.1, 0.15) is 18.0 Å². The van der Waals surface area contributed by atoms with Crippen LogP contribution in [0.4, 0.5) is 11.6 Å². The van der Waals surface area contributed by atoms with Crippen molar-refractivity contribution in [1.29, 1.82) is 0 Å². The van der Waals surface area contributed by atoms with Gasteiger partial charge < -0.3 is 11.1 Å². The molecule has 92 valence electrons. The van der Waals surface area contributed by atoms with Crippen LogP contribution in [-0.4, -0.2) is 40.0 Å². The zero-order chi connectivity index (χ0) is 11.7. The van der Waals surface area contributed by atoms with Crippen molar-refractivity contribution in [3.63, 3.8) is 0 Å². The standard InChI is InChI=1S/C12H19N5/c13-11-7-12(15-8-14-11)16-9-4-6-17-5-2-1-3-10(9)17/h7-10H,1-6H2,(H3,13,14,15,16). The van der Waals surface area contributed by atoms with Crippen molar-refractivity contribution in [3.05, 3.63) is 12.4 Å². The number of hydrogen-bond acceptors (Lipinski definition) is 5. The van der Waals surface area contributed by atoms with Gasteiger partial charge in [-0.2, -0.15) is 0 Å². The van der Waals surface area contributed by atoms with E-state index in [9.17, 15) is 0 Å². The Morgan fingerprint density at radius 1 is 1.24 bits per heavy atom. The molecule has 0 aromatic carbocycles. The molecule has 5 heteroatoms. The van der Waals surface area contributed by atoms with E-state index in [1.807, 2.05) is 6.07 Å². The molecule has 3 N–H and O–H groups in total. The fraction of sp³-hybridized carbons (Fsp3) is 0.667. The van der Waals surface area contributed by atoms with Gasteiger partial charge in [0, 0.05) is 24.7 Å². The number of nitrogens with two attached hydrogens (primary N) is 1. The Morgan fingerprint density at radius 3 is 3.06 bits per heavy atom. The van der Waals surface area contributed by atoms with Crippen LogP contribution in [0.1, 0.15) is 25.7 Å². The third-order valence-corrected chi connectivity index (χ3v) is 3.88. The zero-order valence-electron chi connectivity index (χ0n) is 9.97. The number of anilines is 2. The SMILES string of the molecule is Nc1cc(NC2CCN3CCCCC23)ncn1. The van der Waals surface area contributed by atoms with Crippen molar-refractivity contribution in [1.82, 2.24) is 14.9 Å². The number of nitrogens with one attached hydrogen (secondary N) is 1. The molecule has 1 aromatic heterocycles. The summed E-state index contributed by atoms with van der Waals surface area (Å²) in [5.74, 6) is 1.39. The van der Waals surface area contributed by atoms with E-state index in [4.69, 9.17) is 5.73 Å². The molecular formula is C12H19N5. The second kappa shape index (κ2) is 4.49. The quantitative estimate of drug-likeness (QED) is 0.800. The minimum Gasteiger partial charge on any atom is -0.384 e. The summed E-state index contributed by atoms with van der Waals surface area (Å²) in [5, 5.41) is 3.51. The minimum atomic E-state index is 0.518. The molecule has 2 fully saturated rings. The van der Waals surface area contributed by atoms with Gasteiger partial charge >= 0.3 is 0 Å². The molecular weight excluding hydrogens is 214 g/mol. The Bertz CT molecular complexity index is 394. The lowest BCUT2D eigenvalue weighted by molar-refractivity contribution is 0.192. The summed E-state index contributed by atoms with van der Waals surface area (Å²) in [7, 11) is 0. The van der Waals surface area contributed by atoms with E-state index in [1.54, 1.807) is 0 Å². The molecule has 2 atom stereocenters. The van der Waals surface area contributed by atoms with Crippen LogP contribution in [0.5, 0.6) is 0 Å². The molecule has 2 saturated heterocycles. The maximum absolute atomic E-state index is 5.66. The molecule has 2 aliphatic heterocycles. The number of rotatable bonds is 2. The third-order valence-electron chi connectivity index (χ3n) is 3.88. The van der Waals surface area contributed by atoms with E-state index in [0.29, 0.717) is 17.9 Å². The van der Waals surface area contributed by atoms with Gasteiger partial charge in [0.2, 0.25) is 0 Å². The van der Waals surface area contributed by atoms with E-state index in [0.717, 1.165) is 5.82 Å². The van der Waals surface area contributed by atoms with E-state index in [2.05, 4.69) is 20.2 Å². The van der Waals surface area contributed by atoms with Crippen LogP contribution in [0.15, 0.2) is 12.4 Å². The van der Waals surface area contributed by atoms with Gasteiger partial charge in [-0.1, -0.05) is 6.42 Å². The summed E-state index contributed by atoms with van der Waals surface area (Å²) >= 11 is 0. The van der Waals surface area contributed by atoms with Crippen LogP contribution in [0.2, 0.25) is 0 Å². The van der Waals surface area contributed by atoms with E-state index in [-0.39, 0.29) is 0 Å². The van der Waals surface area contributed by atoms with Gasteiger partial charge in [0.05, 0.1) is 0 Å². The van der Waals surface area contributed by atoms with Crippen molar-refractivity contribution >= 4 is 11.6 Å². The van der Waals surface area contributed by atoms with Crippen LogP contribution >= 0.6 is 0 Å². The Labute approximate surface area is 101 Å². The molecule has 2 aliphatic rings. The Kier molecular flexibility index (Phi) is 2.84. The van der Waals surface area contributed by atoms with Gasteiger partial charge in [0.25, 0.3) is 0 Å². The van der Waals surface area contributed by atoms with Crippen LogP contribution in [0.25, 0.3) is 0 Å². The van der Waals surface area contributed by atoms with E-state index < -0.39 is 0 Å². The molecule has 3 rings (SSSR count). The van der Waals surface area contributed by atoms with Crippen LogP contribution < -0.4 is 11.1 Å². The lowest BCUT2D eigenvalue weighted by Crippen LogP contribution is -2.41. The van der Waals surface area contributed by atoms with Crippen molar-refractivity contribution in [2.45, 2.75) is 37.8 Å². The molecule has 1 aromatic rings. The first-order valence-electron chi connectivity index (χ1n) is 6.41. The van der Waals surface area contributed by atoms with Crippen molar-refractivity contribution < 1.29 is 0 Å². The first kappa shape index (κ1) is 10.8. The third kappa shape index (κ3) is 2.20. The van der Waals surface area contributed by atoms with Crippen molar-refractivity contribution in [2.75, 3.05) is 24.1 Å². The molecule has 2 unspecified atom stereocenters. The Morgan fingerprint density at radius 2 is 2.18 bits per heavy atom. The predicted molar refractivity (Wildman–Crippen MR) is 67.7 cm³/mol. The maximum Gasteiger partial charge on any atom is 0.131 e. The molecule has 0 saturated carbocycles. The monoisotopic (exact) mass is 233 g/mol. The fourth-order valence-electron chi connectivity index (χ4n) is 3.06. The molecule has 17 heavy (non-hydrogen) atoms. The van der Waals surface area contributed by atoms with Gasteiger partial charge in [-0.15, -0.1) is 0 Å². The highest BCUT2D eigenvalue weighted by Gasteiger charge is 2.35. The molecule has 0 amide bonds. The molecule has 0 spiro atoms. The van der Waals surface area contributed by atoms with E-state index >= 15 is 0 Å². The van der Waals surface area contributed by atoms with Crippen LogP contribution in [-0.2, 0) is 0 Å². The normalized spacial score (nSPS) is 28.9. The summed E-state index contributed by atoms with van der Waals surface area (Å²) in [4.78, 5) is 10.7. The number of aromatic nitrogens is 2. The Hall–Kier alpha value is -1.36. The number of nitrogen functional groups attached to an aromatic ring is 1. The summed E-state index contributed by atoms with van der Waals surface area (Å²) in [6.45, 7) is 2.47. The van der Waals surface area contributed by atoms with Gasteiger partial charge in [0.15, 0.2) is 0 Å². The predicted octanol–water partition coefficient (Wildman–Crippen LogP) is 1.10. The Balaban J connectivity index is 1.69. The second-order valence-electron chi connectivity index (χ2n) is 4.97. The number of nitrogens with zero attached hydrogens (tertiary/aromatic N) is 3. The molecule has 0 radical (unpaired) electrons. The second-order valence-corrected chi connectivity index (χ2v) is 4.97. The van der Waals surface area contributed by atoms with Crippen molar-refractivity contribution in [3.8, 4) is 0 Å². The summed E-state index contributed by atoms with van der Waals surface area (Å²) in [5.41, 5.74) is 5.66. The van der Waals surface area contributed by atoms with Crippen molar-refractivity contribution in [2.24, 2.45) is 0 Å². The fourth-order valence-corrected chi connectivity index (χ4v) is 3.06. The lowest BCUT2D eigenvalue weighted by atomic mass is 9.99. The number of hydrogen-bond donors (Lipinski definition) is 2. The first-order chi connectivity index (χ1) is 8.33. The summed E-state index contributed by atoms with van der Waals surface area (Å²) in [6, 6.07) is 3.01. The molecule has 3 heterocycles. The highest BCUT2D eigenvalue weighted by molar-refractivity contribution is 5.44. The highest BCUT2D eigenvalue weighted by atomic mass is 15.2. The lowest BCUT2D eigenvalue weighted by Gasteiger charge is -2.32. The average Bonchev–Trinajstić information content (AvgIpc) is 2.73. The van der Waals surface area contributed by atoms with Gasteiger partial charge in [-0.3, -0.25) is 4.90 Å². The molecule has 0 aliphatic carbocycles. The van der Waals surface area contributed by atoms with E-state index in [1.165, 1.54) is 45.1 Å². The summed E-state index contributed by atoms with van der Waals surface area (Å²) in [6.07, 6.45) is 6.73. The number of fused-ring (bicyclic) bond motifs is 1. The smallest absolute Gasteiger partial charge is 0.131 e. The number of piperidine rings is 1. The minimum absolute atomic E-state index is 0.518. The van der Waals surface area contributed by atoms with Crippen LogP contribution in [0.3, 0.4) is 0 Å². The highest BCUT2D eigenvalue weighted by Crippen LogP contribution is 2.28. The van der Waals surface area contributed by atoms with Crippen LogP contribution in [0, 0.1) is 0 Å². The summed E-state index contributed by atoms with van der Waals surface area (Å²) < 4.78 is 0. The zero-order valence-corrected chi connectivity index (χ0v) is 9.97. The van der Waals surface area contributed by atoms with Gasteiger partial charge in [-0.05, 0) is 25.8 Å². The molecule has 5 nitrogen and oxygen atoms in total. The molecule has 0 bridgehead atoms. The first-order valence-corrected chi connectivity index (χ1v) is 6.41. The average molecular weight is 233 g/mol. The largest absolute Gasteiger partial charge is 0.384 e.